The first-order valence-corrected chi connectivity index (χ1v) is 8.94. The van der Waals surface area contributed by atoms with E-state index in [-0.39, 0.29) is 6.61 Å². The highest BCUT2D eigenvalue weighted by Crippen LogP contribution is 2.24. The molecule has 3 nitrogen and oxygen atoms in total. The Morgan fingerprint density at radius 3 is 2.52 bits per heavy atom. The van der Waals surface area contributed by atoms with Crippen LogP contribution in [0.5, 0.6) is 5.75 Å². The molecule has 0 aliphatic rings. The van der Waals surface area contributed by atoms with E-state index in [9.17, 15) is 0 Å². The SMILES string of the molecule is CCCNC(CSC(C)CCO)c1ccc(OCC)cc1. The topological polar surface area (TPSA) is 41.5 Å². The molecule has 0 aromatic heterocycles. The molecule has 21 heavy (non-hydrogen) atoms. The zero-order valence-corrected chi connectivity index (χ0v) is 14.3. The largest absolute Gasteiger partial charge is 0.494 e. The van der Waals surface area contributed by atoms with Gasteiger partial charge in [0.1, 0.15) is 5.75 Å². The summed E-state index contributed by atoms with van der Waals surface area (Å²) in [5.74, 6) is 1.95. The van der Waals surface area contributed by atoms with Gasteiger partial charge in [-0.1, -0.05) is 26.0 Å². The third-order valence-corrected chi connectivity index (χ3v) is 4.65. The van der Waals surface area contributed by atoms with Crippen molar-refractivity contribution < 1.29 is 9.84 Å². The second-order valence-electron chi connectivity index (χ2n) is 5.16. The Balaban J connectivity index is 2.62. The van der Waals surface area contributed by atoms with Crippen molar-refractivity contribution in [2.45, 2.75) is 44.9 Å². The molecule has 120 valence electrons. The highest BCUT2D eigenvalue weighted by atomic mass is 32.2. The van der Waals surface area contributed by atoms with E-state index in [1.54, 1.807) is 0 Å². The molecule has 0 saturated carbocycles. The van der Waals surface area contributed by atoms with E-state index in [4.69, 9.17) is 9.84 Å². The third-order valence-electron chi connectivity index (χ3n) is 3.32. The van der Waals surface area contributed by atoms with Gasteiger partial charge in [-0.15, -0.1) is 0 Å². The molecule has 0 aliphatic carbocycles. The second kappa shape index (κ2) is 10.9. The Morgan fingerprint density at radius 2 is 1.95 bits per heavy atom. The molecule has 2 unspecified atom stereocenters. The predicted molar refractivity (Wildman–Crippen MR) is 92.3 cm³/mol. The van der Waals surface area contributed by atoms with Crippen molar-refractivity contribution >= 4 is 11.8 Å². The summed E-state index contributed by atoms with van der Waals surface area (Å²) in [6.45, 7) is 8.35. The number of aliphatic hydroxyl groups excluding tert-OH is 1. The van der Waals surface area contributed by atoms with Crippen LogP contribution < -0.4 is 10.1 Å². The molecular formula is C17H29NO2S. The predicted octanol–water partition coefficient (Wildman–Crippen LogP) is 3.63. The Morgan fingerprint density at radius 1 is 1.24 bits per heavy atom. The van der Waals surface area contributed by atoms with Crippen molar-refractivity contribution in [2.75, 3.05) is 25.5 Å². The molecule has 0 spiro atoms. The normalized spacial score (nSPS) is 13.9. The van der Waals surface area contributed by atoms with Gasteiger partial charge in [0.15, 0.2) is 0 Å². The Labute approximate surface area is 133 Å². The fourth-order valence-corrected chi connectivity index (χ4v) is 3.18. The van der Waals surface area contributed by atoms with Crippen molar-refractivity contribution in [3.63, 3.8) is 0 Å². The molecule has 4 heteroatoms. The molecule has 1 aromatic rings. The molecule has 0 radical (unpaired) electrons. The van der Waals surface area contributed by atoms with Gasteiger partial charge in [-0.2, -0.15) is 11.8 Å². The summed E-state index contributed by atoms with van der Waals surface area (Å²) in [6.07, 6.45) is 1.98. The van der Waals surface area contributed by atoms with E-state index in [2.05, 4.69) is 31.3 Å². The zero-order chi connectivity index (χ0) is 15.5. The van der Waals surface area contributed by atoms with Gasteiger partial charge in [0, 0.05) is 23.7 Å². The smallest absolute Gasteiger partial charge is 0.119 e. The van der Waals surface area contributed by atoms with Crippen LogP contribution in [0.4, 0.5) is 0 Å². The van der Waals surface area contributed by atoms with Crippen LogP contribution in [0.25, 0.3) is 0 Å². The maximum atomic E-state index is 9.00. The quantitative estimate of drug-likeness (QED) is 0.655. The van der Waals surface area contributed by atoms with E-state index < -0.39 is 0 Å². The van der Waals surface area contributed by atoms with E-state index in [0.29, 0.717) is 17.9 Å². The summed E-state index contributed by atoms with van der Waals surface area (Å²) in [5, 5.41) is 13.1. The minimum atomic E-state index is 0.268. The van der Waals surface area contributed by atoms with Crippen molar-refractivity contribution in [3.05, 3.63) is 29.8 Å². The number of aliphatic hydroxyl groups is 1. The molecule has 0 amide bonds. The fraction of sp³-hybridized carbons (Fsp3) is 0.647. The van der Waals surface area contributed by atoms with E-state index in [1.807, 2.05) is 30.8 Å². The van der Waals surface area contributed by atoms with E-state index in [0.717, 1.165) is 30.9 Å². The lowest BCUT2D eigenvalue weighted by Crippen LogP contribution is -2.25. The van der Waals surface area contributed by atoms with E-state index >= 15 is 0 Å². The summed E-state index contributed by atoms with van der Waals surface area (Å²) in [6, 6.07) is 8.74. The van der Waals surface area contributed by atoms with Gasteiger partial charge in [-0.3, -0.25) is 0 Å². The lowest BCUT2D eigenvalue weighted by Gasteiger charge is -2.21. The van der Waals surface area contributed by atoms with Gasteiger partial charge >= 0.3 is 0 Å². The minimum Gasteiger partial charge on any atom is -0.494 e. The van der Waals surface area contributed by atoms with Crippen LogP contribution >= 0.6 is 11.8 Å². The number of benzene rings is 1. The van der Waals surface area contributed by atoms with Gasteiger partial charge in [0.2, 0.25) is 0 Å². The molecule has 2 atom stereocenters. The monoisotopic (exact) mass is 311 g/mol. The van der Waals surface area contributed by atoms with Crippen LogP contribution in [0, 0.1) is 0 Å². The second-order valence-corrected chi connectivity index (χ2v) is 6.64. The van der Waals surface area contributed by atoms with E-state index in [1.165, 1.54) is 5.56 Å². The van der Waals surface area contributed by atoms with Crippen molar-refractivity contribution in [2.24, 2.45) is 0 Å². The standard InChI is InChI=1S/C17H29NO2S/c1-4-11-18-17(13-21-14(3)10-12-19)15-6-8-16(9-7-15)20-5-2/h6-9,14,17-19H,4-5,10-13H2,1-3H3. The van der Waals surface area contributed by atoms with Crippen LogP contribution in [-0.2, 0) is 0 Å². The first-order valence-electron chi connectivity index (χ1n) is 7.89. The van der Waals surface area contributed by atoms with Crippen molar-refractivity contribution in [3.8, 4) is 5.75 Å². The fourth-order valence-electron chi connectivity index (χ4n) is 2.08. The first kappa shape index (κ1) is 18.3. The number of nitrogens with one attached hydrogen (secondary N) is 1. The maximum absolute atomic E-state index is 9.00. The number of hydrogen-bond acceptors (Lipinski definition) is 4. The summed E-state index contributed by atoms with van der Waals surface area (Å²) < 4.78 is 5.50. The molecule has 0 aliphatic heterocycles. The Bertz CT molecular complexity index is 370. The zero-order valence-electron chi connectivity index (χ0n) is 13.5. The molecule has 2 N–H and O–H groups in total. The van der Waals surface area contributed by atoms with Gasteiger partial charge < -0.3 is 15.2 Å². The van der Waals surface area contributed by atoms with Crippen LogP contribution in [-0.4, -0.2) is 35.9 Å². The number of hydrogen-bond donors (Lipinski definition) is 2. The summed E-state index contributed by atoms with van der Waals surface area (Å²) in [4.78, 5) is 0. The minimum absolute atomic E-state index is 0.268. The molecule has 0 saturated heterocycles. The Hall–Kier alpha value is -0.710. The summed E-state index contributed by atoms with van der Waals surface area (Å²) in [7, 11) is 0. The molecular weight excluding hydrogens is 282 g/mol. The number of thioether (sulfide) groups is 1. The number of ether oxygens (including phenoxy) is 1. The average molecular weight is 311 g/mol. The van der Waals surface area contributed by atoms with Crippen LogP contribution in [0.15, 0.2) is 24.3 Å². The molecule has 1 aromatic carbocycles. The van der Waals surface area contributed by atoms with Gasteiger partial charge in [0.25, 0.3) is 0 Å². The van der Waals surface area contributed by atoms with Crippen LogP contribution in [0.2, 0.25) is 0 Å². The van der Waals surface area contributed by atoms with Gasteiger partial charge in [0.05, 0.1) is 6.61 Å². The Kier molecular flexibility index (Phi) is 9.55. The molecule has 0 bridgehead atoms. The summed E-state index contributed by atoms with van der Waals surface area (Å²) >= 11 is 1.92. The third kappa shape index (κ3) is 7.21. The van der Waals surface area contributed by atoms with Crippen LogP contribution in [0.1, 0.15) is 45.2 Å². The lowest BCUT2D eigenvalue weighted by atomic mass is 10.1. The highest BCUT2D eigenvalue weighted by molar-refractivity contribution is 7.99. The van der Waals surface area contributed by atoms with Crippen molar-refractivity contribution in [1.82, 2.24) is 5.32 Å². The molecule has 0 heterocycles. The van der Waals surface area contributed by atoms with Crippen LogP contribution in [0.3, 0.4) is 0 Å². The first-order chi connectivity index (χ1) is 10.2. The molecule has 0 fully saturated rings. The van der Waals surface area contributed by atoms with Gasteiger partial charge in [-0.25, -0.2) is 0 Å². The molecule has 1 rings (SSSR count). The highest BCUT2D eigenvalue weighted by Gasteiger charge is 2.13. The maximum Gasteiger partial charge on any atom is 0.119 e. The van der Waals surface area contributed by atoms with Crippen molar-refractivity contribution in [1.29, 1.82) is 0 Å². The van der Waals surface area contributed by atoms with Gasteiger partial charge in [-0.05, 0) is 44.0 Å². The number of rotatable bonds is 11. The average Bonchev–Trinajstić information content (AvgIpc) is 2.49. The lowest BCUT2D eigenvalue weighted by molar-refractivity contribution is 0.289. The summed E-state index contributed by atoms with van der Waals surface area (Å²) in [5.41, 5.74) is 1.30.